The van der Waals surface area contributed by atoms with Crippen LogP contribution in [0.1, 0.15) is 191 Å². The molecule has 0 fully saturated rings. The highest BCUT2D eigenvalue weighted by molar-refractivity contribution is 5.37. The number of para-hydroxylation sites is 1. The lowest BCUT2D eigenvalue weighted by Gasteiger charge is -2.38. The molecule has 3 N–H and O–H groups in total. The van der Waals surface area contributed by atoms with E-state index in [9.17, 15) is 15.3 Å². The van der Waals surface area contributed by atoms with E-state index in [1.807, 2.05) is 18.2 Å². The van der Waals surface area contributed by atoms with Crippen molar-refractivity contribution in [3.63, 3.8) is 0 Å². The first-order valence-electron chi connectivity index (χ1n) is 20.8. The summed E-state index contributed by atoms with van der Waals surface area (Å²) >= 11 is 0. The van der Waals surface area contributed by atoms with Gasteiger partial charge < -0.3 is 20.1 Å². The van der Waals surface area contributed by atoms with Crippen molar-refractivity contribution < 1.29 is 20.1 Å². The molecule has 0 bridgehead atoms. The first kappa shape index (κ1) is 43.3. The minimum Gasteiger partial charge on any atom is -0.485 e. The number of aryl methyl sites for hydroxylation is 2. The smallest absolute Gasteiger partial charge is 0.136 e. The maximum atomic E-state index is 10.6. The van der Waals surface area contributed by atoms with Gasteiger partial charge in [-0.15, -0.1) is 0 Å². The van der Waals surface area contributed by atoms with E-state index >= 15 is 0 Å². The van der Waals surface area contributed by atoms with Crippen LogP contribution in [0, 0.1) is 5.41 Å². The summed E-state index contributed by atoms with van der Waals surface area (Å²) < 4.78 is 6.80. The minimum atomic E-state index is -1.20. The molecule has 2 aromatic carbocycles. The SMILES string of the molecule is CCCCCCCCCCCCCCc1ccccc1OC(c1ccccc1CCCCCCCCCCCCCC)C(CO)(CO)CO. The Morgan fingerprint density at radius 2 is 0.796 bits per heavy atom. The standard InChI is InChI=1S/C45H76O4/c1-3-5-7-9-11-13-15-17-19-21-23-25-31-40-32-27-29-35-42(40)44(45(37-46,38-47)39-48)49-43-36-30-28-34-41(43)33-26-24-22-20-18-16-14-12-10-8-6-4-2/h27-30,32,34-36,44,46-48H,3-26,31,33,37-39H2,1-2H3. The molecular formula is C45H76O4. The van der Waals surface area contributed by atoms with Crippen molar-refractivity contribution in [1.82, 2.24) is 0 Å². The van der Waals surface area contributed by atoms with Gasteiger partial charge in [-0.25, -0.2) is 0 Å². The topological polar surface area (TPSA) is 69.9 Å². The highest BCUT2D eigenvalue weighted by Gasteiger charge is 2.42. The molecule has 0 saturated heterocycles. The van der Waals surface area contributed by atoms with Crippen molar-refractivity contribution in [1.29, 1.82) is 0 Å². The van der Waals surface area contributed by atoms with Crippen molar-refractivity contribution in [3.05, 3.63) is 65.2 Å². The third-order valence-corrected chi connectivity index (χ3v) is 10.7. The van der Waals surface area contributed by atoms with Crippen molar-refractivity contribution >= 4 is 0 Å². The normalized spacial score (nSPS) is 12.4. The number of aliphatic hydroxyl groups is 3. The second kappa shape index (κ2) is 28.8. The highest BCUT2D eigenvalue weighted by atomic mass is 16.5. The van der Waals surface area contributed by atoms with E-state index in [4.69, 9.17) is 4.74 Å². The van der Waals surface area contributed by atoms with Crippen molar-refractivity contribution in [3.8, 4) is 5.75 Å². The third kappa shape index (κ3) is 17.7. The molecule has 0 heterocycles. The van der Waals surface area contributed by atoms with Gasteiger partial charge >= 0.3 is 0 Å². The Labute approximate surface area is 302 Å². The number of rotatable bonds is 33. The van der Waals surface area contributed by atoms with Crippen molar-refractivity contribution in [2.24, 2.45) is 5.41 Å². The fraction of sp³-hybridized carbons (Fsp3) is 0.733. The molecular weight excluding hydrogens is 604 g/mol. The van der Waals surface area contributed by atoms with Gasteiger partial charge in [-0.2, -0.15) is 0 Å². The molecule has 0 saturated carbocycles. The van der Waals surface area contributed by atoms with Gasteiger partial charge in [0.25, 0.3) is 0 Å². The molecule has 0 aromatic heterocycles. The molecule has 0 aliphatic heterocycles. The lowest BCUT2D eigenvalue weighted by atomic mass is 9.78. The van der Waals surface area contributed by atoms with Gasteiger partial charge in [0.05, 0.1) is 25.2 Å². The third-order valence-electron chi connectivity index (χ3n) is 10.7. The van der Waals surface area contributed by atoms with Gasteiger partial charge in [-0.05, 0) is 48.4 Å². The number of aliphatic hydroxyl groups excluding tert-OH is 3. The van der Waals surface area contributed by atoms with Crippen LogP contribution in [0.3, 0.4) is 0 Å². The zero-order valence-corrected chi connectivity index (χ0v) is 32.0. The molecule has 0 aliphatic carbocycles. The Hall–Kier alpha value is -1.88. The van der Waals surface area contributed by atoms with E-state index in [0.717, 1.165) is 42.6 Å². The first-order valence-corrected chi connectivity index (χ1v) is 20.8. The zero-order chi connectivity index (χ0) is 35.3. The zero-order valence-electron chi connectivity index (χ0n) is 32.0. The van der Waals surface area contributed by atoms with Gasteiger partial charge in [0.15, 0.2) is 0 Å². The van der Waals surface area contributed by atoms with Crippen LogP contribution < -0.4 is 4.74 Å². The molecule has 0 radical (unpaired) electrons. The van der Waals surface area contributed by atoms with Gasteiger partial charge in [-0.1, -0.05) is 198 Å². The molecule has 0 spiro atoms. The Kier molecular flexibility index (Phi) is 25.4. The molecule has 1 atom stereocenters. The van der Waals surface area contributed by atoms with E-state index in [2.05, 4.69) is 44.2 Å². The lowest BCUT2D eigenvalue weighted by molar-refractivity contribution is -0.0747. The van der Waals surface area contributed by atoms with Gasteiger partial charge in [-0.3, -0.25) is 0 Å². The van der Waals surface area contributed by atoms with Crippen molar-refractivity contribution in [2.45, 2.75) is 187 Å². The van der Waals surface area contributed by atoms with Gasteiger partial charge in [0.1, 0.15) is 11.9 Å². The molecule has 0 aliphatic rings. The fourth-order valence-electron chi connectivity index (χ4n) is 7.20. The molecule has 4 nitrogen and oxygen atoms in total. The summed E-state index contributed by atoms with van der Waals surface area (Å²) in [6.07, 6.45) is 32.9. The quantitative estimate of drug-likeness (QED) is 0.0656. The van der Waals surface area contributed by atoms with E-state index < -0.39 is 11.5 Å². The summed E-state index contributed by atoms with van der Waals surface area (Å²) in [5.41, 5.74) is 2.09. The van der Waals surface area contributed by atoms with Crippen LogP contribution in [0.2, 0.25) is 0 Å². The van der Waals surface area contributed by atoms with E-state index in [1.54, 1.807) is 0 Å². The van der Waals surface area contributed by atoms with Crippen LogP contribution in [-0.4, -0.2) is 35.1 Å². The largest absolute Gasteiger partial charge is 0.485 e. The van der Waals surface area contributed by atoms with Crippen LogP contribution in [-0.2, 0) is 12.8 Å². The summed E-state index contributed by atoms with van der Waals surface area (Å²) in [4.78, 5) is 0. The summed E-state index contributed by atoms with van der Waals surface area (Å²) in [5.74, 6) is 0.787. The molecule has 0 amide bonds. The first-order chi connectivity index (χ1) is 24.2. The Balaban J connectivity index is 1.92. The van der Waals surface area contributed by atoms with E-state index in [0.29, 0.717) is 0 Å². The highest BCUT2D eigenvalue weighted by Crippen LogP contribution is 2.40. The fourth-order valence-corrected chi connectivity index (χ4v) is 7.20. The number of hydrogen-bond donors (Lipinski definition) is 3. The monoisotopic (exact) mass is 681 g/mol. The van der Waals surface area contributed by atoms with Crippen LogP contribution in [0.15, 0.2) is 48.5 Å². The second-order valence-electron chi connectivity index (χ2n) is 14.9. The second-order valence-corrected chi connectivity index (χ2v) is 14.9. The number of ether oxygens (including phenoxy) is 1. The van der Waals surface area contributed by atoms with E-state index in [-0.39, 0.29) is 19.8 Å². The molecule has 49 heavy (non-hydrogen) atoms. The average molecular weight is 681 g/mol. The average Bonchev–Trinajstić information content (AvgIpc) is 3.13. The Morgan fingerprint density at radius 1 is 0.449 bits per heavy atom. The minimum absolute atomic E-state index is 0.363. The predicted molar refractivity (Wildman–Crippen MR) is 210 cm³/mol. The van der Waals surface area contributed by atoms with Crippen LogP contribution in [0.4, 0.5) is 0 Å². The number of unbranched alkanes of at least 4 members (excludes halogenated alkanes) is 22. The summed E-state index contributed by atoms with van der Waals surface area (Å²) in [7, 11) is 0. The molecule has 4 heteroatoms. The Morgan fingerprint density at radius 3 is 1.22 bits per heavy atom. The van der Waals surface area contributed by atoms with E-state index in [1.165, 1.54) is 147 Å². The summed E-state index contributed by atoms with van der Waals surface area (Å²) in [6.45, 7) is 3.47. The van der Waals surface area contributed by atoms with Crippen molar-refractivity contribution in [2.75, 3.05) is 19.8 Å². The number of benzene rings is 2. The van der Waals surface area contributed by atoms with Gasteiger partial charge in [0, 0.05) is 0 Å². The molecule has 1 unspecified atom stereocenters. The maximum absolute atomic E-state index is 10.6. The maximum Gasteiger partial charge on any atom is 0.136 e. The molecule has 2 rings (SSSR count). The van der Waals surface area contributed by atoms with Crippen LogP contribution in [0.5, 0.6) is 5.75 Å². The predicted octanol–water partition coefficient (Wildman–Crippen LogP) is 12.3. The lowest BCUT2D eigenvalue weighted by Crippen LogP contribution is -2.43. The van der Waals surface area contributed by atoms with Crippen LogP contribution >= 0.6 is 0 Å². The summed E-state index contributed by atoms with van der Waals surface area (Å²) in [5, 5.41) is 31.7. The molecule has 280 valence electrons. The molecule has 2 aromatic rings. The number of hydrogen-bond acceptors (Lipinski definition) is 4. The summed E-state index contributed by atoms with van der Waals surface area (Å²) in [6, 6.07) is 16.5. The van der Waals surface area contributed by atoms with Gasteiger partial charge in [0.2, 0.25) is 0 Å². The Bertz CT molecular complexity index is 1020. The van der Waals surface area contributed by atoms with Crippen LogP contribution in [0.25, 0.3) is 0 Å².